The largest absolute Gasteiger partial charge is 0.352 e. The summed E-state index contributed by atoms with van der Waals surface area (Å²) in [6, 6.07) is 12.9. The van der Waals surface area contributed by atoms with Crippen LogP contribution in [0.2, 0.25) is 5.02 Å². The van der Waals surface area contributed by atoms with Crippen molar-refractivity contribution in [2.45, 2.75) is 13.0 Å². The minimum atomic E-state index is -0.460. The minimum Gasteiger partial charge on any atom is -0.334 e. The SMILES string of the molecule is O=c1nc(N2CCC(c3ccc(F)cc3)=C(F)C2)ncn1Cc1ccc(Cl)cc1. The summed E-state index contributed by atoms with van der Waals surface area (Å²) < 4.78 is 29.1. The van der Waals surface area contributed by atoms with E-state index in [1.54, 1.807) is 29.2 Å². The number of aromatic nitrogens is 3. The van der Waals surface area contributed by atoms with Crippen molar-refractivity contribution in [1.82, 2.24) is 14.5 Å². The molecule has 0 amide bonds. The van der Waals surface area contributed by atoms with Crippen LogP contribution in [0.1, 0.15) is 17.5 Å². The lowest BCUT2D eigenvalue weighted by Gasteiger charge is -2.27. The van der Waals surface area contributed by atoms with Gasteiger partial charge >= 0.3 is 5.69 Å². The van der Waals surface area contributed by atoms with Gasteiger partial charge in [-0.3, -0.25) is 4.57 Å². The van der Waals surface area contributed by atoms with Crippen LogP contribution in [0.3, 0.4) is 0 Å². The lowest BCUT2D eigenvalue weighted by Crippen LogP contribution is -2.35. The van der Waals surface area contributed by atoms with Gasteiger partial charge in [0.1, 0.15) is 18.0 Å². The second kappa shape index (κ2) is 8.13. The summed E-state index contributed by atoms with van der Waals surface area (Å²) in [5, 5.41) is 0.618. The Labute approximate surface area is 170 Å². The Bertz CT molecular complexity index is 1110. The normalized spacial score (nSPS) is 14.4. The summed E-state index contributed by atoms with van der Waals surface area (Å²) in [5.41, 5.74) is 1.63. The zero-order valence-corrected chi connectivity index (χ0v) is 16.1. The van der Waals surface area contributed by atoms with Crippen molar-refractivity contribution in [2.24, 2.45) is 0 Å². The maximum Gasteiger partial charge on any atom is 0.352 e. The Hall–Kier alpha value is -3.06. The molecular formula is C21H17ClF2N4O. The Morgan fingerprint density at radius 1 is 1.03 bits per heavy atom. The van der Waals surface area contributed by atoms with Gasteiger partial charge in [-0.15, -0.1) is 0 Å². The van der Waals surface area contributed by atoms with Crippen LogP contribution in [-0.2, 0) is 6.54 Å². The predicted molar refractivity (Wildman–Crippen MR) is 108 cm³/mol. The summed E-state index contributed by atoms with van der Waals surface area (Å²) in [4.78, 5) is 22.2. The average Bonchev–Trinajstić information content (AvgIpc) is 2.72. The summed E-state index contributed by atoms with van der Waals surface area (Å²) in [5.74, 6) is -0.507. The Balaban J connectivity index is 1.51. The summed E-state index contributed by atoms with van der Waals surface area (Å²) in [6.07, 6.45) is 1.82. The Kier molecular flexibility index (Phi) is 5.40. The van der Waals surface area contributed by atoms with E-state index in [9.17, 15) is 13.6 Å². The maximum atomic E-state index is 14.7. The van der Waals surface area contributed by atoms with E-state index in [4.69, 9.17) is 11.6 Å². The van der Waals surface area contributed by atoms with E-state index in [2.05, 4.69) is 9.97 Å². The molecular weight excluding hydrogens is 398 g/mol. The molecule has 29 heavy (non-hydrogen) atoms. The molecule has 0 unspecified atom stereocenters. The molecule has 8 heteroatoms. The number of nitrogens with zero attached hydrogens (tertiary/aromatic N) is 4. The van der Waals surface area contributed by atoms with Crippen LogP contribution in [0, 0.1) is 5.82 Å². The molecule has 1 aliphatic rings. The zero-order chi connectivity index (χ0) is 20.4. The third-order valence-corrected chi connectivity index (χ3v) is 5.04. The predicted octanol–water partition coefficient (Wildman–Crippen LogP) is 4.07. The highest BCUT2D eigenvalue weighted by molar-refractivity contribution is 6.30. The quantitative estimate of drug-likeness (QED) is 0.645. The first-order valence-corrected chi connectivity index (χ1v) is 9.44. The van der Waals surface area contributed by atoms with Crippen LogP contribution in [0.5, 0.6) is 0 Å². The number of halogens is 3. The van der Waals surface area contributed by atoms with Crippen molar-refractivity contribution in [1.29, 1.82) is 0 Å². The molecule has 0 spiro atoms. The molecule has 0 fully saturated rings. The summed E-state index contributed by atoms with van der Waals surface area (Å²) in [6.45, 7) is 0.743. The van der Waals surface area contributed by atoms with Gasteiger partial charge in [0.25, 0.3) is 0 Å². The average molecular weight is 415 g/mol. The van der Waals surface area contributed by atoms with Crippen molar-refractivity contribution in [3.63, 3.8) is 0 Å². The van der Waals surface area contributed by atoms with E-state index in [1.807, 2.05) is 12.1 Å². The molecule has 0 radical (unpaired) electrons. The van der Waals surface area contributed by atoms with Crippen LogP contribution < -0.4 is 10.6 Å². The molecule has 1 aliphatic heterocycles. The van der Waals surface area contributed by atoms with Crippen molar-refractivity contribution >= 4 is 23.1 Å². The third kappa shape index (κ3) is 4.35. The van der Waals surface area contributed by atoms with Gasteiger partial charge in [-0.2, -0.15) is 4.98 Å². The minimum absolute atomic E-state index is 0.0344. The molecule has 2 aromatic carbocycles. The molecule has 1 aromatic heterocycles. The Morgan fingerprint density at radius 3 is 2.41 bits per heavy atom. The highest BCUT2D eigenvalue weighted by atomic mass is 35.5. The number of anilines is 1. The molecule has 5 nitrogen and oxygen atoms in total. The fourth-order valence-electron chi connectivity index (χ4n) is 3.24. The highest BCUT2D eigenvalue weighted by Crippen LogP contribution is 2.29. The smallest absolute Gasteiger partial charge is 0.334 e. The van der Waals surface area contributed by atoms with Crippen molar-refractivity contribution in [2.75, 3.05) is 18.0 Å². The standard InChI is InChI=1S/C21H17ClF2N4O/c22-16-5-1-14(2-6-16)11-28-13-25-20(26-21(28)29)27-10-9-18(19(24)12-27)15-3-7-17(23)8-4-15/h1-8,13H,9-12H2. The fraction of sp³-hybridized carbons (Fsp3) is 0.190. The molecule has 0 N–H and O–H groups in total. The van der Waals surface area contributed by atoms with Crippen LogP contribution in [0.4, 0.5) is 14.7 Å². The maximum absolute atomic E-state index is 14.7. The molecule has 3 aromatic rings. The van der Waals surface area contributed by atoms with Crippen molar-refractivity contribution in [3.8, 4) is 0 Å². The van der Waals surface area contributed by atoms with Gasteiger partial charge in [0.2, 0.25) is 5.95 Å². The lowest BCUT2D eigenvalue weighted by atomic mass is 9.99. The van der Waals surface area contributed by atoms with Gasteiger partial charge in [-0.05, 0) is 47.4 Å². The topological polar surface area (TPSA) is 51.0 Å². The molecule has 0 saturated heterocycles. The summed E-state index contributed by atoms with van der Waals surface area (Å²) in [7, 11) is 0. The van der Waals surface area contributed by atoms with E-state index in [0.29, 0.717) is 35.7 Å². The van der Waals surface area contributed by atoms with Crippen LogP contribution >= 0.6 is 11.6 Å². The van der Waals surface area contributed by atoms with Crippen LogP contribution in [-0.4, -0.2) is 27.6 Å². The number of hydrogen-bond donors (Lipinski definition) is 0. The molecule has 0 bridgehead atoms. The second-order valence-corrected chi connectivity index (χ2v) is 7.19. The van der Waals surface area contributed by atoms with Gasteiger partial charge in [-0.25, -0.2) is 18.6 Å². The van der Waals surface area contributed by atoms with E-state index in [-0.39, 0.29) is 24.1 Å². The second-order valence-electron chi connectivity index (χ2n) is 6.76. The first-order valence-electron chi connectivity index (χ1n) is 9.06. The molecule has 148 valence electrons. The molecule has 2 heterocycles. The lowest BCUT2D eigenvalue weighted by molar-refractivity contribution is 0.574. The number of hydrogen-bond acceptors (Lipinski definition) is 4. The first-order chi connectivity index (χ1) is 14.0. The van der Waals surface area contributed by atoms with Gasteiger partial charge in [0.15, 0.2) is 0 Å². The molecule has 4 rings (SSSR count). The Morgan fingerprint density at radius 2 is 1.76 bits per heavy atom. The van der Waals surface area contributed by atoms with Crippen LogP contribution in [0.15, 0.2) is 65.5 Å². The molecule has 0 aliphatic carbocycles. The third-order valence-electron chi connectivity index (χ3n) is 4.78. The van der Waals surface area contributed by atoms with Gasteiger partial charge in [0, 0.05) is 11.6 Å². The number of benzene rings is 2. The first kappa shape index (κ1) is 19.3. The van der Waals surface area contributed by atoms with Crippen molar-refractivity contribution in [3.05, 3.63) is 93.1 Å². The van der Waals surface area contributed by atoms with E-state index >= 15 is 0 Å². The van der Waals surface area contributed by atoms with Gasteiger partial charge in [-0.1, -0.05) is 35.9 Å². The van der Waals surface area contributed by atoms with Gasteiger partial charge in [0.05, 0.1) is 13.1 Å². The van der Waals surface area contributed by atoms with Crippen LogP contribution in [0.25, 0.3) is 5.57 Å². The number of rotatable bonds is 4. The molecule has 0 atom stereocenters. The van der Waals surface area contributed by atoms with Gasteiger partial charge < -0.3 is 4.90 Å². The van der Waals surface area contributed by atoms with Crippen molar-refractivity contribution < 1.29 is 8.78 Å². The monoisotopic (exact) mass is 414 g/mol. The summed E-state index contributed by atoms with van der Waals surface area (Å²) >= 11 is 5.87. The van der Waals surface area contributed by atoms with E-state index < -0.39 is 5.69 Å². The molecule has 0 saturated carbocycles. The fourth-order valence-corrected chi connectivity index (χ4v) is 3.37. The zero-order valence-electron chi connectivity index (χ0n) is 15.4. The highest BCUT2D eigenvalue weighted by Gasteiger charge is 2.22. The van der Waals surface area contributed by atoms with E-state index in [1.165, 1.54) is 23.0 Å². The van der Waals surface area contributed by atoms with E-state index in [0.717, 1.165) is 5.56 Å².